The molecule has 0 spiro atoms. The van der Waals surface area contributed by atoms with Crippen molar-refractivity contribution in [3.8, 4) is 0 Å². The van der Waals surface area contributed by atoms with Crippen molar-refractivity contribution in [2.45, 2.75) is 19.0 Å². The van der Waals surface area contributed by atoms with E-state index in [4.69, 9.17) is 4.42 Å². The fraction of sp³-hybridized carbons (Fsp3) is 0.211. The van der Waals surface area contributed by atoms with E-state index in [-0.39, 0.29) is 13.1 Å². The highest BCUT2D eigenvalue weighted by atomic mass is 16.3. The number of para-hydroxylation sites is 1. The van der Waals surface area contributed by atoms with Crippen LogP contribution in [-0.4, -0.2) is 40.3 Å². The number of furan rings is 1. The van der Waals surface area contributed by atoms with Crippen molar-refractivity contribution in [1.82, 2.24) is 20.5 Å². The molecule has 3 heterocycles. The molecule has 27 heavy (non-hydrogen) atoms. The number of nitrogens with one attached hydrogen (secondary N) is 3. The standard InChI is InChI=1S/C19H18N4O4/c24-17(21-10-13-4-3-7-27-13)11-23-18(25)16(22-19(23)26)8-12-9-20-15-6-2-1-5-14(12)15/h1-7,9,16,20H,8,10-11H2,(H,21,24)(H,22,26). The first-order valence-electron chi connectivity index (χ1n) is 8.58. The lowest BCUT2D eigenvalue weighted by Crippen LogP contribution is -2.41. The van der Waals surface area contributed by atoms with E-state index in [2.05, 4.69) is 15.6 Å². The maximum Gasteiger partial charge on any atom is 0.325 e. The smallest absolute Gasteiger partial charge is 0.325 e. The lowest BCUT2D eigenvalue weighted by molar-refractivity contribution is -0.132. The number of carbonyl (C=O) groups excluding carboxylic acids is 3. The van der Waals surface area contributed by atoms with Crippen molar-refractivity contribution in [3.05, 3.63) is 60.2 Å². The summed E-state index contributed by atoms with van der Waals surface area (Å²) in [7, 11) is 0. The fourth-order valence-corrected chi connectivity index (χ4v) is 3.18. The summed E-state index contributed by atoms with van der Waals surface area (Å²) in [5.41, 5.74) is 1.91. The molecule has 1 unspecified atom stereocenters. The summed E-state index contributed by atoms with van der Waals surface area (Å²) in [5.74, 6) is -0.237. The molecular formula is C19H18N4O4. The number of carbonyl (C=O) groups is 3. The Balaban J connectivity index is 1.39. The first-order chi connectivity index (χ1) is 13.1. The highest BCUT2D eigenvalue weighted by molar-refractivity contribution is 6.06. The van der Waals surface area contributed by atoms with Gasteiger partial charge in [-0.05, 0) is 23.8 Å². The molecule has 4 rings (SSSR count). The summed E-state index contributed by atoms with van der Waals surface area (Å²) in [6.45, 7) is -0.121. The largest absolute Gasteiger partial charge is 0.467 e. The van der Waals surface area contributed by atoms with Crippen LogP contribution in [0.25, 0.3) is 10.9 Å². The van der Waals surface area contributed by atoms with E-state index in [1.165, 1.54) is 6.26 Å². The van der Waals surface area contributed by atoms with E-state index in [9.17, 15) is 14.4 Å². The monoisotopic (exact) mass is 366 g/mol. The van der Waals surface area contributed by atoms with Gasteiger partial charge in [-0.25, -0.2) is 4.79 Å². The van der Waals surface area contributed by atoms with Crippen LogP contribution in [0.5, 0.6) is 0 Å². The molecule has 1 aliphatic rings. The van der Waals surface area contributed by atoms with Gasteiger partial charge in [0, 0.05) is 23.5 Å². The second-order valence-corrected chi connectivity index (χ2v) is 6.35. The molecular weight excluding hydrogens is 348 g/mol. The molecule has 8 nitrogen and oxygen atoms in total. The second-order valence-electron chi connectivity index (χ2n) is 6.35. The topological polar surface area (TPSA) is 107 Å². The number of imide groups is 1. The molecule has 138 valence electrons. The van der Waals surface area contributed by atoms with Gasteiger partial charge >= 0.3 is 6.03 Å². The fourth-order valence-electron chi connectivity index (χ4n) is 3.18. The summed E-state index contributed by atoms with van der Waals surface area (Å²) < 4.78 is 5.13. The average molecular weight is 366 g/mol. The quantitative estimate of drug-likeness (QED) is 0.575. The van der Waals surface area contributed by atoms with Crippen LogP contribution in [0.4, 0.5) is 4.79 Å². The molecule has 1 aliphatic heterocycles. The van der Waals surface area contributed by atoms with Gasteiger partial charge in [0.25, 0.3) is 5.91 Å². The van der Waals surface area contributed by atoms with E-state index in [1.807, 2.05) is 30.5 Å². The van der Waals surface area contributed by atoms with Crippen molar-refractivity contribution in [1.29, 1.82) is 0 Å². The molecule has 1 atom stereocenters. The molecule has 0 saturated carbocycles. The highest BCUT2D eigenvalue weighted by Crippen LogP contribution is 2.21. The zero-order valence-corrected chi connectivity index (χ0v) is 14.4. The number of hydrogen-bond donors (Lipinski definition) is 3. The van der Waals surface area contributed by atoms with Crippen LogP contribution in [0.2, 0.25) is 0 Å². The van der Waals surface area contributed by atoms with Crippen molar-refractivity contribution in [3.63, 3.8) is 0 Å². The second kappa shape index (κ2) is 6.99. The molecule has 0 radical (unpaired) electrons. The van der Waals surface area contributed by atoms with E-state index >= 15 is 0 Å². The Labute approximate surface area is 154 Å². The van der Waals surface area contributed by atoms with Crippen molar-refractivity contribution in [2.24, 2.45) is 0 Å². The van der Waals surface area contributed by atoms with E-state index in [1.54, 1.807) is 12.1 Å². The number of hydrogen-bond acceptors (Lipinski definition) is 4. The van der Waals surface area contributed by atoms with E-state index < -0.39 is 23.9 Å². The number of rotatable bonds is 6. The van der Waals surface area contributed by atoms with Gasteiger partial charge in [0.05, 0.1) is 12.8 Å². The molecule has 4 amide bonds. The van der Waals surface area contributed by atoms with Crippen molar-refractivity contribution < 1.29 is 18.8 Å². The van der Waals surface area contributed by atoms with E-state index in [0.29, 0.717) is 12.2 Å². The van der Waals surface area contributed by atoms with Gasteiger partial charge < -0.3 is 20.0 Å². The number of benzene rings is 1. The maximum absolute atomic E-state index is 12.6. The third-order valence-electron chi connectivity index (χ3n) is 4.55. The third-order valence-corrected chi connectivity index (χ3v) is 4.55. The molecule has 8 heteroatoms. The summed E-state index contributed by atoms with van der Waals surface area (Å²) in [6, 6.07) is 9.96. The lowest BCUT2D eigenvalue weighted by atomic mass is 10.1. The molecule has 1 saturated heterocycles. The molecule has 0 bridgehead atoms. The van der Waals surface area contributed by atoms with Crippen LogP contribution >= 0.6 is 0 Å². The highest BCUT2D eigenvalue weighted by Gasteiger charge is 2.39. The van der Waals surface area contributed by atoms with Gasteiger partial charge in [-0.3, -0.25) is 14.5 Å². The van der Waals surface area contributed by atoms with Gasteiger partial charge in [-0.1, -0.05) is 18.2 Å². The zero-order chi connectivity index (χ0) is 18.8. The Morgan fingerprint density at radius 2 is 2.04 bits per heavy atom. The maximum atomic E-state index is 12.6. The van der Waals surface area contributed by atoms with Crippen LogP contribution in [-0.2, 0) is 22.6 Å². The third kappa shape index (κ3) is 3.41. The minimum Gasteiger partial charge on any atom is -0.467 e. The minimum atomic E-state index is -0.686. The van der Waals surface area contributed by atoms with Crippen LogP contribution in [0.1, 0.15) is 11.3 Å². The van der Waals surface area contributed by atoms with Crippen molar-refractivity contribution >= 4 is 28.7 Å². The Morgan fingerprint density at radius 3 is 2.85 bits per heavy atom. The Bertz CT molecular complexity index is 992. The van der Waals surface area contributed by atoms with Crippen LogP contribution < -0.4 is 10.6 Å². The van der Waals surface area contributed by atoms with E-state index in [0.717, 1.165) is 21.4 Å². The van der Waals surface area contributed by atoms with Gasteiger partial charge in [-0.15, -0.1) is 0 Å². The Kier molecular flexibility index (Phi) is 4.37. The summed E-state index contributed by atoms with van der Waals surface area (Å²) in [5, 5.41) is 6.29. The Morgan fingerprint density at radius 1 is 1.19 bits per heavy atom. The normalized spacial score (nSPS) is 16.7. The summed E-state index contributed by atoms with van der Waals surface area (Å²) >= 11 is 0. The zero-order valence-electron chi connectivity index (χ0n) is 14.4. The predicted molar refractivity (Wildman–Crippen MR) is 96.6 cm³/mol. The summed E-state index contributed by atoms with van der Waals surface area (Å²) in [6.07, 6.45) is 3.70. The van der Waals surface area contributed by atoms with Gasteiger partial charge in [0.1, 0.15) is 18.3 Å². The van der Waals surface area contributed by atoms with Gasteiger partial charge in [-0.2, -0.15) is 0 Å². The molecule has 3 aromatic rings. The first-order valence-corrected chi connectivity index (χ1v) is 8.58. The lowest BCUT2D eigenvalue weighted by Gasteiger charge is -2.12. The number of H-pyrrole nitrogens is 1. The molecule has 1 fully saturated rings. The Hall–Kier alpha value is -3.55. The predicted octanol–water partition coefficient (Wildman–Crippen LogP) is 1.54. The number of fused-ring (bicyclic) bond motifs is 1. The molecule has 0 aliphatic carbocycles. The molecule has 3 N–H and O–H groups in total. The number of nitrogens with zero attached hydrogens (tertiary/aromatic N) is 1. The van der Waals surface area contributed by atoms with Crippen LogP contribution in [0.3, 0.4) is 0 Å². The SMILES string of the molecule is O=C(CN1C(=O)NC(Cc2c[nH]c3ccccc23)C1=O)NCc1ccco1. The number of aromatic amines is 1. The number of urea groups is 1. The van der Waals surface area contributed by atoms with Gasteiger partial charge in [0.2, 0.25) is 5.91 Å². The number of amides is 4. The number of aromatic nitrogens is 1. The molecule has 2 aromatic heterocycles. The molecule has 1 aromatic carbocycles. The van der Waals surface area contributed by atoms with Crippen LogP contribution in [0, 0.1) is 0 Å². The van der Waals surface area contributed by atoms with Gasteiger partial charge in [0.15, 0.2) is 0 Å². The van der Waals surface area contributed by atoms with Crippen LogP contribution in [0.15, 0.2) is 53.3 Å². The average Bonchev–Trinajstić information content (AvgIpc) is 3.38. The van der Waals surface area contributed by atoms with Crippen molar-refractivity contribution in [2.75, 3.05) is 6.54 Å². The minimum absolute atomic E-state index is 0.203. The summed E-state index contributed by atoms with van der Waals surface area (Å²) in [4.78, 5) is 40.9. The first kappa shape index (κ1) is 16.9.